The summed E-state index contributed by atoms with van der Waals surface area (Å²) in [5.41, 5.74) is 0.813. The van der Waals surface area contributed by atoms with Crippen molar-refractivity contribution in [2.75, 3.05) is 17.6 Å². The maximum atomic E-state index is 11.3. The van der Waals surface area contributed by atoms with Crippen LogP contribution in [0.3, 0.4) is 0 Å². The van der Waals surface area contributed by atoms with Gasteiger partial charge in [0.25, 0.3) is 0 Å². The Kier molecular flexibility index (Phi) is 4.51. The van der Waals surface area contributed by atoms with E-state index in [-0.39, 0.29) is 0 Å². The molecule has 2 aliphatic rings. The van der Waals surface area contributed by atoms with E-state index >= 15 is 0 Å². The van der Waals surface area contributed by atoms with Crippen molar-refractivity contribution in [3.63, 3.8) is 0 Å². The number of carboxylic acids is 1. The quantitative estimate of drug-likeness (QED) is 0.893. The average Bonchev–Trinajstić information content (AvgIpc) is 2.88. The molecule has 20 heavy (non-hydrogen) atoms. The van der Waals surface area contributed by atoms with Gasteiger partial charge in [-0.1, -0.05) is 6.42 Å². The second-order valence-corrected chi connectivity index (χ2v) is 7.97. The maximum Gasteiger partial charge on any atom is 0.312 e. The number of thiazole rings is 1. The van der Waals surface area contributed by atoms with Gasteiger partial charge >= 0.3 is 5.97 Å². The summed E-state index contributed by atoms with van der Waals surface area (Å²) in [6.45, 7) is 0.953. The summed E-state index contributed by atoms with van der Waals surface area (Å²) in [7, 11) is 0. The zero-order valence-corrected chi connectivity index (χ0v) is 13.1. The average molecular weight is 312 g/mol. The lowest BCUT2D eigenvalue weighted by Crippen LogP contribution is -2.20. The molecular formula is C14H20N2O2S2. The third-order valence-electron chi connectivity index (χ3n) is 4.01. The topological polar surface area (TPSA) is 62.2 Å². The Labute approximate surface area is 127 Å². The number of thioether (sulfide) groups is 1. The molecule has 1 aromatic heterocycles. The monoisotopic (exact) mass is 312 g/mol. The van der Waals surface area contributed by atoms with Crippen LogP contribution in [0.2, 0.25) is 0 Å². The molecule has 2 atom stereocenters. The number of rotatable bonds is 4. The molecule has 2 heterocycles. The number of nitrogens with zero attached hydrogens (tertiary/aromatic N) is 1. The molecule has 110 valence electrons. The van der Waals surface area contributed by atoms with E-state index in [1.807, 2.05) is 11.8 Å². The first-order valence-electron chi connectivity index (χ1n) is 7.32. The third-order valence-corrected chi connectivity index (χ3v) is 6.49. The Morgan fingerprint density at radius 3 is 3.00 bits per heavy atom. The highest BCUT2D eigenvalue weighted by Gasteiger charge is 2.30. The molecule has 1 fully saturated rings. The van der Waals surface area contributed by atoms with Gasteiger partial charge in [-0.2, -0.15) is 11.8 Å². The number of anilines is 1. The van der Waals surface area contributed by atoms with E-state index in [1.54, 1.807) is 11.3 Å². The van der Waals surface area contributed by atoms with Gasteiger partial charge in [0, 0.05) is 16.7 Å². The number of aromatic nitrogens is 1. The molecular weight excluding hydrogens is 292 g/mol. The Morgan fingerprint density at radius 2 is 2.25 bits per heavy atom. The van der Waals surface area contributed by atoms with Crippen LogP contribution in [0.25, 0.3) is 0 Å². The zero-order chi connectivity index (χ0) is 13.9. The van der Waals surface area contributed by atoms with E-state index in [0.29, 0.717) is 5.25 Å². The molecule has 1 saturated heterocycles. The van der Waals surface area contributed by atoms with Gasteiger partial charge in [0.2, 0.25) is 0 Å². The van der Waals surface area contributed by atoms with Crippen molar-refractivity contribution in [2.45, 2.75) is 49.7 Å². The summed E-state index contributed by atoms with van der Waals surface area (Å²) in [6.07, 6.45) is 6.62. The molecule has 1 aliphatic heterocycles. The number of hydrogen-bond donors (Lipinski definition) is 2. The molecule has 4 nitrogen and oxygen atoms in total. The molecule has 0 spiro atoms. The van der Waals surface area contributed by atoms with Gasteiger partial charge in [-0.15, -0.1) is 11.3 Å². The van der Waals surface area contributed by atoms with Crippen molar-refractivity contribution < 1.29 is 9.90 Å². The largest absolute Gasteiger partial charge is 0.481 e. The molecule has 0 saturated carbocycles. The normalized spacial score (nSPS) is 26.0. The van der Waals surface area contributed by atoms with Gasteiger partial charge in [0.1, 0.15) is 5.92 Å². The summed E-state index contributed by atoms with van der Waals surface area (Å²) in [6, 6.07) is 0. The smallest absolute Gasteiger partial charge is 0.312 e. The molecule has 3 rings (SSSR count). The van der Waals surface area contributed by atoms with Crippen LogP contribution in [0.1, 0.15) is 48.6 Å². The van der Waals surface area contributed by atoms with Crippen LogP contribution in [-0.2, 0) is 11.2 Å². The lowest BCUT2D eigenvalue weighted by molar-refractivity contribution is -0.139. The van der Waals surface area contributed by atoms with Crippen molar-refractivity contribution in [3.8, 4) is 0 Å². The first kappa shape index (κ1) is 14.2. The minimum Gasteiger partial charge on any atom is -0.481 e. The lowest BCUT2D eigenvalue weighted by atomic mass is 9.91. The Bertz CT molecular complexity index is 484. The highest BCUT2D eigenvalue weighted by Crippen LogP contribution is 2.37. The molecule has 2 N–H and O–H groups in total. The summed E-state index contributed by atoms with van der Waals surface area (Å²) in [4.78, 5) is 17.0. The van der Waals surface area contributed by atoms with Crippen molar-refractivity contribution in [3.05, 3.63) is 10.6 Å². The van der Waals surface area contributed by atoms with E-state index in [0.717, 1.165) is 36.6 Å². The van der Waals surface area contributed by atoms with E-state index in [9.17, 15) is 9.90 Å². The number of aliphatic carboxylic acids is 1. The fourth-order valence-electron chi connectivity index (χ4n) is 2.90. The minimum atomic E-state index is -0.731. The Hall–Kier alpha value is -0.750. The van der Waals surface area contributed by atoms with Crippen molar-refractivity contribution in [1.82, 2.24) is 4.98 Å². The molecule has 0 radical (unpaired) electrons. The second-order valence-electron chi connectivity index (χ2n) is 5.48. The number of hydrogen-bond acceptors (Lipinski definition) is 5. The predicted molar refractivity (Wildman–Crippen MR) is 84.0 cm³/mol. The highest BCUT2D eigenvalue weighted by atomic mass is 32.2. The van der Waals surface area contributed by atoms with Crippen LogP contribution in [0.5, 0.6) is 0 Å². The first-order valence-corrected chi connectivity index (χ1v) is 9.18. The fraction of sp³-hybridized carbons (Fsp3) is 0.714. The van der Waals surface area contributed by atoms with Gasteiger partial charge in [0.05, 0.1) is 5.69 Å². The highest BCUT2D eigenvalue weighted by molar-refractivity contribution is 7.99. The van der Waals surface area contributed by atoms with Crippen LogP contribution in [-0.4, -0.2) is 33.6 Å². The van der Waals surface area contributed by atoms with Crippen LogP contribution >= 0.6 is 23.1 Å². The molecule has 0 aromatic carbocycles. The molecule has 6 heteroatoms. The number of aryl methyl sites for hydroxylation is 1. The molecule has 1 aromatic rings. The fourth-order valence-corrected chi connectivity index (χ4v) is 5.21. The summed E-state index contributed by atoms with van der Waals surface area (Å²) in [5, 5.41) is 14.3. The van der Waals surface area contributed by atoms with E-state index < -0.39 is 11.9 Å². The number of nitrogens with one attached hydrogen (secondary N) is 1. The van der Waals surface area contributed by atoms with Gasteiger partial charge in [-0.05, 0) is 37.9 Å². The van der Waals surface area contributed by atoms with Crippen LogP contribution in [0.15, 0.2) is 0 Å². The van der Waals surface area contributed by atoms with E-state index in [2.05, 4.69) is 10.3 Å². The second kappa shape index (κ2) is 6.35. The molecule has 0 amide bonds. The minimum absolute atomic E-state index is 0.394. The Morgan fingerprint density at radius 1 is 1.35 bits per heavy atom. The maximum absolute atomic E-state index is 11.3. The molecule has 0 bridgehead atoms. The third kappa shape index (κ3) is 3.11. The van der Waals surface area contributed by atoms with Gasteiger partial charge in [0.15, 0.2) is 5.13 Å². The van der Waals surface area contributed by atoms with Gasteiger partial charge < -0.3 is 10.4 Å². The zero-order valence-electron chi connectivity index (χ0n) is 11.4. The Balaban J connectivity index is 1.64. The van der Waals surface area contributed by atoms with Crippen molar-refractivity contribution in [2.24, 2.45) is 0 Å². The SMILES string of the molecule is O=C(O)C1CCCc2sc(NCC3CCCCS3)nc21. The molecule has 1 aliphatic carbocycles. The van der Waals surface area contributed by atoms with Crippen molar-refractivity contribution >= 4 is 34.2 Å². The van der Waals surface area contributed by atoms with Gasteiger partial charge in [-0.3, -0.25) is 4.79 Å². The van der Waals surface area contributed by atoms with E-state index in [1.165, 1.54) is 29.9 Å². The number of carbonyl (C=O) groups is 1. The summed E-state index contributed by atoms with van der Waals surface area (Å²) < 4.78 is 0. The van der Waals surface area contributed by atoms with E-state index in [4.69, 9.17) is 0 Å². The first-order chi connectivity index (χ1) is 9.74. The van der Waals surface area contributed by atoms with Gasteiger partial charge in [-0.25, -0.2) is 4.98 Å². The molecule has 2 unspecified atom stereocenters. The predicted octanol–water partition coefficient (Wildman–Crippen LogP) is 3.35. The van der Waals surface area contributed by atoms with Crippen LogP contribution in [0, 0.1) is 0 Å². The summed E-state index contributed by atoms with van der Waals surface area (Å²) in [5.74, 6) is 0.141. The number of fused-ring (bicyclic) bond motifs is 1. The standard InChI is InChI=1S/C14H20N2O2S2/c17-13(18)10-5-3-6-11-12(10)16-14(20-11)15-8-9-4-1-2-7-19-9/h9-10H,1-8H2,(H,15,16)(H,17,18). The summed E-state index contributed by atoms with van der Waals surface area (Å²) >= 11 is 3.69. The van der Waals surface area contributed by atoms with Crippen LogP contribution in [0.4, 0.5) is 5.13 Å². The lowest BCUT2D eigenvalue weighted by Gasteiger charge is -2.21. The van der Waals surface area contributed by atoms with Crippen LogP contribution < -0.4 is 5.32 Å². The number of carboxylic acid groups (broad SMARTS) is 1. The van der Waals surface area contributed by atoms with Crippen molar-refractivity contribution in [1.29, 1.82) is 0 Å².